The van der Waals surface area contributed by atoms with E-state index in [1.165, 1.54) is 12.4 Å². The Morgan fingerprint density at radius 1 is 0.885 bits per heavy atom. The lowest BCUT2D eigenvalue weighted by atomic mass is 9.79. The average Bonchev–Trinajstić information content (AvgIpc) is 3.11. The van der Waals surface area contributed by atoms with Gasteiger partial charge in [-0.25, -0.2) is 4.98 Å². The first-order chi connectivity index (χ1) is 12.7. The normalized spacial score (nSPS) is 22.6. The van der Waals surface area contributed by atoms with Crippen molar-refractivity contribution in [3.63, 3.8) is 0 Å². The van der Waals surface area contributed by atoms with Crippen molar-refractivity contribution in [3.8, 4) is 0 Å². The number of amides is 2. The maximum absolute atomic E-state index is 12.7. The molecule has 26 heavy (non-hydrogen) atoms. The molecule has 2 fully saturated rings. The molecule has 1 spiro atoms. The van der Waals surface area contributed by atoms with Crippen LogP contribution in [0, 0.1) is 5.41 Å². The summed E-state index contributed by atoms with van der Waals surface area (Å²) >= 11 is 0. The summed E-state index contributed by atoms with van der Waals surface area (Å²) in [5, 5.41) is 0. The van der Waals surface area contributed by atoms with Crippen LogP contribution in [0.2, 0.25) is 0 Å². The zero-order valence-electron chi connectivity index (χ0n) is 14.5. The van der Waals surface area contributed by atoms with E-state index in [0.717, 1.165) is 32.4 Å². The standard InChI is InChI=1S/C19H21N5O2/c25-17(15-2-6-20-7-3-15)24-11-5-19(14-24)4-1-10-23(13-19)18(26)16-12-21-8-9-22-16/h2-3,6-9,12H,1,4-5,10-11,13-14H2. The van der Waals surface area contributed by atoms with Crippen LogP contribution in [0.3, 0.4) is 0 Å². The molecule has 4 heterocycles. The number of pyridine rings is 1. The van der Waals surface area contributed by atoms with Gasteiger partial charge in [-0.2, -0.15) is 0 Å². The van der Waals surface area contributed by atoms with E-state index >= 15 is 0 Å². The van der Waals surface area contributed by atoms with Crippen molar-refractivity contribution in [2.45, 2.75) is 19.3 Å². The van der Waals surface area contributed by atoms with Crippen molar-refractivity contribution >= 4 is 11.8 Å². The van der Waals surface area contributed by atoms with Gasteiger partial charge in [-0.15, -0.1) is 0 Å². The Morgan fingerprint density at radius 3 is 2.38 bits per heavy atom. The van der Waals surface area contributed by atoms with E-state index in [9.17, 15) is 9.59 Å². The van der Waals surface area contributed by atoms with Gasteiger partial charge in [0.1, 0.15) is 5.69 Å². The average molecular weight is 351 g/mol. The van der Waals surface area contributed by atoms with Gasteiger partial charge in [0, 0.05) is 61.9 Å². The summed E-state index contributed by atoms with van der Waals surface area (Å²) in [4.78, 5) is 41.3. The first-order valence-electron chi connectivity index (χ1n) is 8.92. The first-order valence-corrected chi connectivity index (χ1v) is 8.92. The van der Waals surface area contributed by atoms with Gasteiger partial charge in [0.05, 0.1) is 6.20 Å². The summed E-state index contributed by atoms with van der Waals surface area (Å²) in [6.07, 6.45) is 10.8. The fourth-order valence-electron chi connectivity index (χ4n) is 4.07. The number of piperidine rings is 1. The zero-order chi connectivity index (χ0) is 18.0. The maximum Gasteiger partial charge on any atom is 0.274 e. The van der Waals surface area contributed by atoms with Crippen LogP contribution in [-0.4, -0.2) is 62.7 Å². The molecule has 0 saturated carbocycles. The van der Waals surface area contributed by atoms with Crippen molar-refractivity contribution in [1.29, 1.82) is 0 Å². The Balaban J connectivity index is 1.46. The number of likely N-dealkylation sites (tertiary alicyclic amines) is 2. The summed E-state index contributed by atoms with van der Waals surface area (Å²) in [5.74, 6) is -0.0299. The molecule has 0 aliphatic carbocycles. The molecule has 0 radical (unpaired) electrons. The van der Waals surface area contributed by atoms with E-state index in [1.54, 1.807) is 30.7 Å². The van der Waals surface area contributed by atoms with Gasteiger partial charge in [-0.3, -0.25) is 19.6 Å². The van der Waals surface area contributed by atoms with Crippen molar-refractivity contribution in [3.05, 3.63) is 54.4 Å². The second kappa shape index (κ2) is 6.82. The van der Waals surface area contributed by atoms with Gasteiger partial charge in [0.15, 0.2) is 0 Å². The molecule has 7 nitrogen and oxygen atoms in total. The second-order valence-electron chi connectivity index (χ2n) is 7.13. The molecule has 0 aromatic carbocycles. The number of nitrogens with zero attached hydrogens (tertiary/aromatic N) is 5. The number of aromatic nitrogens is 3. The van der Waals surface area contributed by atoms with Crippen LogP contribution in [0.4, 0.5) is 0 Å². The molecule has 2 aliphatic heterocycles. The molecule has 4 rings (SSSR count). The summed E-state index contributed by atoms with van der Waals surface area (Å²) < 4.78 is 0. The van der Waals surface area contributed by atoms with Gasteiger partial charge >= 0.3 is 0 Å². The maximum atomic E-state index is 12.7. The molecule has 2 saturated heterocycles. The fraction of sp³-hybridized carbons (Fsp3) is 0.421. The largest absolute Gasteiger partial charge is 0.338 e. The number of hydrogen-bond donors (Lipinski definition) is 0. The predicted molar refractivity (Wildman–Crippen MR) is 94.4 cm³/mol. The second-order valence-corrected chi connectivity index (χ2v) is 7.13. The zero-order valence-corrected chi connectivity index (χ0v) is 14.5. The Bertz CT molecular complexity index is 798. The highest BCUT2D eigenvalue weighted by Crippen LogP contribution is 2.39. The minimum absolute atomic E-state index is 0.0151. The van der Waals surface area contributed by atoms with Crippen molar-refractivity contribution < 1.29 is 9.59 Å². The smallest absolute Gasteiger partial charge is 0.274 e. The van der Waals surface area contributed by atoms with Crippen molar-refractivity contribution in [2.24, 2.45) is 5.41 Å². The Morgan fingerprint density at radius 2 is 1.65 bits per heavy atom. The number of carbonyl (C=O) groups is 2. The quantitative estimate of drug-likeness (QED) is 0.822. The molecule has 1 unspecified atom stereocenters. The van der Waals surface area contributed by atoms with Crippen molar-refractivity contribution in [2.75, 3.05) is 26.2 Å². The monoisotopic (exact) mass is 351 g/mol. The Labute approximate surface area is 152 Å². The Hall–Kier alpha value is -2.83. The molecular formula is C19H21N5O2. The van der Waals surface area contributed by atoms with Crippen LogP contribution in [0.25, 0.3) is 0 Å². The molecule has 0 N–H and O–H groups in total. The highest BCUT2D eigenvalue weighted by Gasteiger charge is 2.44. The third-order valence-corrected chi connectivity index (χ3v) is 5.38. The van der Waals surface area contributed by atoms with Gasteiger partial charge in [0.25, 0.3) is 11.8 Å². The number of hydrogen-bond acceptors (Lipinski definition) is 5. The summed E-state index contributed by atoms with van der Waals surface area (Å²) in [5.41, 5.74) is 1.03. The van der Waals surface area contributed by atoms with Crippen molar-refractivity contribution in [1.82, 2.24) is 24.8 Å². The molecule has 2 aromatic rings. The van der Waals surface area contributed by atoms with E-state index in [2.05, 4.69) is 15.0 Å². The number of carbonyl (C=O) groups excluding carboxylic acids is 2. The van der Waals surface area contributed by atoms with Crippen LogP contribution in [0.15, 0.2) is 43.1 Å². The Kier molecular flexibility index (Phi) is 4.36. The van der Waals surface area contributed by atoms with E-state index in [1.807, 2.05) is 9.80 Å². The predicted octanol–water partition coefficient (Wildman–Crippen LogP) is 1.64. The molecular weight excluding hydrogens is 330 g/mol. The van der Waals surface area contributed by atoms with E-state index in [4.69, 9.17) is 0 Å². The van der Waals surface area contributed by atoms with Crippen LogP contribution >= 0.6 is 0 Å². The van der Waals surface area contributed by atoms with Crippen LogP contribution in [0.5, 0.6) is 0 Å². The van der Waals surface area contributed by atoms with E-state index in [0.29, 0.717) is 24.3 Å². The highest BCUT2D eigenvalue weighted by atomic mass is 16.2. The van der Waals surface area contributed by atoms with Crippen LogP contribution < -0.4 is 0 Å². The van der Waals surface area contributed by atoms with E-state index in [-0.39, 0.29) is 17.2 Å². The summed E-state index contributed by atoms with van der Waals surface area (Å²) in [6, 6.07) is 3.50. The van der Waals surface area contributed by atoms with Gasteiger partial charge in [-0.1, -0.05) is 0 Å². The molecule has 2 aromatic heterocycles. The SMILES string of the molecule is O=C(c1ccncc1)N1CCC2(CCCN(C(=O)c3cnccn3)C2)C1. The summed E-state index contributed by atoms with van der Waals surface area (Å²) in [7, 11) is 0. The lowest BCUT2D eigenvalue weighted by molar-refractivity contribution is 0.0510. The molecule has 134 valence electrons. The highest BCUT2D eigenvalue weighted by molar-refractivity contribution is 5.94. The van der Waals surface area contributed by atoms with Crippen LogP contribution in [0.1, 0.15) is 40.1 Å². The van der Waals surface area contributed by atoms with Crippen LogP contribution in [-0.2, 0) is 0 Å². The first kappa shape index (κ1) is 16.6. The van der Waals surface area contributed by atoms with E-state index < -0.39 is 0 Å². The van der Waals surface area contributed by atoms with Gasteiger partial charge < -0.3 is 9.80 Å². The van der Waals surface area contributed by atoms with Gasteiger partial charge in [0.2, 0.25) is 0 Å². The molecule has 0 bridgehead atoms. The third-order valence-electron chi connectivity index (χ3n) is 5.38. The lowest BCUT2D eigenvalue weighted by Gasteiger charge is -2.40. The minimum atomic E-state index is -0.0731. The molecule has 1 atom stereocenters. The number of rotatable bonds is 2. The minimum Gasteiger partial charge on any atom is -0.338 e. The fourth-order valence-corrected chi connectivity index (χ4v) is 4.07. The molecule has 2 amide bonds. The van der Waals surface area contributed by atoms with Gasteiger partial charge in [-0.05, 0) is 31.4 Å². The molecule has 7 heteroatoms. The third kappa shape index (κ3) is 3.16. The lowest BCUT2D eigenvalue weighted by Crippen LogP contribution is -2.48. The summed E-state index contributed by atoms with van der Waals surface area (Å²) in [6.45, 7) is 2.82. The topological polar surface area (TPSA) is 79.3 Å². The molecule has 2 aliphatic rings.